The number of benzene rings is 2. The predicted octanol–water partition coefficient (Wildman–Crippen LogP) is 3.36. The van der Waals surface area contributed by atoms with Crippen molar-refractivity contribution in [1.82, 2.24) is 4.90 Å². The van der Waals surface area contributed by atoms with Crippen LogP contribution in [0.4, 0.5) is 11.4 Å². The lowest BCUT2D eigenvalue weighted by atomic mass is 9.88. The number of fused-ring (bicyclic) bond motifs is 2. The van der Waals surface area contributed by atoms with Crippen molar-refractivity contribution in [3.63, 3.8) is 0 Å². The molecule has 3 rings (SSSR count). The zero-order valence-electron chi connectivity index (χ0n) is 12.8. The average Bonchev–Trinajstić information content (AvgIpc) is 2.60. The van der Waals surface area contributed by atoms with Gasteiger partial charge in [-0.2, -0.15) is 5.26 Å². The third-order valence-electron chi connectivity index (χ3n) is 3.92. The van der Waals surface area contributed by atoms with Gasteiger partial charge in [0.25, 0.3) is 5.91 Å². The molecule has 0 fully saturated rings. The summed E-state index contributed by atoms with van der Waals surface area (Å²) in [4.78, 5) is 14.1. The van der Waals surface area contributed by atoms with Crippen LogP contribution in [0, 0.1) is 18.3 Å². The molecule has 0 atom stereocenters. The lowest BCUT2D eigenvalue weighted by Gasteiger charge is -2.25. The van der Waals surface area contributed by atoms with Gasteiger partial charge in [0, 0.05) is 41.7 Å². The molecule has 1 amide bonds. The van der Waals surface area contributed by atoms with Crippen molar-refractivity contribution in [2.24, 2.45) is 0 Å². The molecule has 0 aromatic heterocycles. The second-order valence-corrected chi connectivity index (χ2v) is 5.30. The van der Waals surface area contributed by atoms with Crippen LogP contribution in [-0.4, -0.2) is 24.4 Å². The van der Waals surface area contributed by atoms with Gasteiger partial charge in [-0.1, -0.05) is 36.4 Å². The third-order valence-corrected chi connectivity index (χ3v) is 3.92. The molecule has 1 aliphatic rings. The molecule has 113 valence electrons. The number of hydrogen-bond donors (Lipinski definition) is 1. The van der Waals surface area contributed by atoms with Crippen LogP contribution in [0.3, 0.4) is 0 Å². The van der Waals surface area contributed by atoms with E-state index in [0.717, 1.165) is 22.5 Å². The van der Waals surface area contributed by atoms with E-state index in [0.29, 0.717) is 12.1 Å². The summed E-state index contributed by atoms with van der Waals surface area (Å²) in [5, 5.41) is 13.0. The summed E-state index contributed by atoms with van der Waals surface area (Å²) in [5.41, 5.74) is 4.29. The fraction of sp³-hybridized carbons (Fsp3) is 0.105. The quantitative estimate of drug-likeness (QED) is 0.583. The molecule has 1 aliphatic heterocycles. The van der Waals surface area contributed by atoms with Crippen LogP contribution >= 0.6 is 0 Å². The molecule has 0 unspecified atom stereocenters. The molecule has 1 heterocycles. The van der Waals surface area contributed by atoms with E-state index in [9.17, 15) is 10.1 Å². The Morgan fingerprint density at radius 3 is 2.13 bits per heavy atom. The van der Waals surface area contributed by atoms with Crippen molar-refractivity contribution in [2.45, 2.75) is 0 Å². The lowest BCUT2D eigenvalue weighted by molar-refractivity contribution is -0.124. The summed E-state index contributed by atoms with van der Waals surface area (Å²) in [6.07, 6.45) is 0. The molecule has 0 saturated heterocycles. The number of amides is 1. The topological polar surface area (TPSA) is 56.1 Å². The lowest BCUT2D eigenvalue weighted by Crippen LogP contribution is -2.28. The highest BCUT2D eigenvalue weighted by Crippen LogP contribution is 2.42. The number of anilines is 2. The molecule has 1 radical (unpaired) electrons. The molecule has 0 spiro atoms. The van der Waals surface area contributed by atoms with Crippen molar-refractivity contribution >= 4 is 22.9 Å². The van der Waals surface area contributed by atoms with Crippen LogP contribution in [0.1, 0.15) is 11.1 Å². The Morgan fingerprint density at radius 1 is 1.13 bits per heavy atom. The van der Waals surface area contributed by atoms with E-state index in [2.05, 4.69) is 18.3 Å². The standard InChI is InChI=1S/C19H16N3O/c1-3-22(2)19(23)15(12-20)18-13-8-4-6-10-16(13)21-17-11-7-5-9-14(17)18/h4-11,21H,1,3H2,2H3. The van der Waals surface area contributed by atoms with Gasteiger partial charge in [-0.15, -0.1) is 0 Å². The first-order valence-corrected chi connectivity index (χ1v) is 7.32. The van der Waals surface area contributed by atoms with Gasteiger partial charge in [0.15, 0.2) is 0 Å². The Kier molecular flexibility index (Phi) is 3.86. The van der Waals surface area contributed by atoms with Gasteiger partial charge in [-0.25, -0.2) is 0 Å². The van der Waals surface area contributed by atoms with E-state index in [1.807, 2.05) is 48.5 Å². The second kappa shape index (κ2) is 5.98. The number of nitriles is 1. The molecule has 2 aromatic carbocycles. The van der Waals surface area contributed by atoms with E-state index in [1.165, 1.54) is 4.90 Å². The zero-order valence-corrected chi connectivity index (χ0v) is 12.8. The third kappa shape index (κ3) is 2.47. The number of carbonyl (C=O) groups excluding carboxylic acids is 1. The number of likely N-dealkylation sites (N-methyl/N-ethyl adjacent to an activating group) is 1. The Hall–Kier alpha value is -3.06. The molecular formula is C19H16N3O. The molecular weight excluding hydrogens is 286 g/mol. The van der Waals surface area contributed by atoms with Crippen LogP contribution in [-0.2, 0) is 4.79 Å². The van der Waals surface area contributed by atoms with Crippen molar-refractivity contribution in [3.8, 4) is 6.07 Å². The summed E-state index contributed by atoms with van der Waals surface area (Å²) in [5.74, 6) is -0.316. The van der Waals surface area contributed by atoms with E-state index < -0.39 is 0 Å². The van der Waals surface area contributed by atoms with Gasteiger partial charge in [0.2, 0.25) is 0 Å². The molecule has 4 nitrogen and oxygen atoms in total. The van der Waals surface area contributed by atoms with Crippen molar-refractivity contribution in [2.75, 3.05) is 18.9 Å². The maximum Gasteiger partial charge on any atom is 0.264 e. The van der Waals surface area contributed by atoms with Gasteiger partial charge in [-0.3, -0.25) is 4.79 Å². The van der Waals surface area contributed by atoms with Crippen LogP contribution in [0.15, 0.2) is 54.1 Å². The number of carbonyl (C=O) groups is 1. The number of nitrogens with one attached hydrogen (secondary N) is 1. The van der Waals surface area contributed by atoms with Gasteiger partial charge < -0.3 is 10.2 Å². The summed E-state index contributed by atoms with van der Waals surface area (Å²) in [7, 11) is 1.64. The first kappa shape index (κ1) is 14.9. The minimum Gasteiger partial charge on any atom is -0.355 e. The first-order valence-electron chi connectivity index (χ1n) is 7.32. The molecule has 0 bridgehead atoms. The SMILES string of the molecule is [CH2]CN(C)C(=O)C(C#N)=C1c2ccccc2Nc2ccccc21. The van der Waals surface area contributed by atoms with Crippen LogP contribution in [0.25, 0.3) is 5.57 Å². The zero-order chi connectivity index (χ0) is 16.4. The maximum absolute atomic E-state index is 12.6. The summed E-state index contributed by atoms with van der Waals surface area (Å²) < 4.78 is 0. The summed E-state index contributed by atoms with van der Waals surface area (Å²) in [6, 6.07) is 17.5. The van der Waals surface area contributed by atoms with Gasteiger partial charge in [0.05, 0.1) is 0 Å². The van der Waals surface area contributed by atoms with Crippen LogP contribution < -0.4 is 5.32 Å². The van der Waals surface area contributed by atoms with Crippen molar-refractivity contribution in [1.29, 1.82) is 5.26 Å². The minimum absolute atomic E-state index is 0.137. The fourth-order valence-corrected chi connectivity index (χ4v) is 2.68. The summed E-state index contributed by atoms with van der Waals surface area (Å²) in [6.45, 7) is 4.02. The number of rotatable bonds is 2. The average molecular weight is 302 g/mol. The first-order chi connectivity index (χ1) is 11.2. The highest BCUT2D eigenvalue weighted by molar-refractivity contribution is 6.11. The highest BCUT2D eigenvalue weighted by atomic mass is 16.2. The Morgan fingerprint density at radius 2 is 1.65 bits per heavy atom. The van der Waals surface area contributed by atoms with Gasteiger partial charge in [-0.05, 0) is 19.1 Å². The van der Waals surface area contributed by atoms with Crippen LogP contribution in [0.2, 0.25) is 0 Å². The van der Waals surface area contributed by atoms with E-state index in [4.69, 9.17) is 0 Å². The molecule has 1 N–H and O–H groups in total. The summed E-state index contributed by atoms with van der Waals surface area (Å²) >= 11 is 0. The van der Waals surface area contributed by atoms with Gasteiger partial charge >= 0.3 is 0 Å². The Labute approximate surface area is 135 Å². The fourth-order valence-electron chi connectivity index (χ4n) is 2.68. The molecule has 23 heavy (non-hydrogen) atoms. The van der Waals surface area contributed by atoms with E-state index >= 15 is 0 Å². The van der Waals surface area contributed by atoms with Crippen molar-refractivity contribution < 1.29 is 4.79 Å². The number of hydrogen-bond acceptors (Lipinski definition) is 3. The maximum atomic E-state index is 12.6. The smallest absolute Gasteiger partial charge is 0.264 e. The van der Waals surface area contributed by atoms with E-state index in [1.54, 1.807) is 7.05 Å². The molecule has 0 aliphatic carbocycles. The highest BCUT2D eigenvalue weighted by Gasteiger charge is 2.26. The Balaban J connectivity index is 2.31. The molecule has 0 saturated carbocycles. The second-order valence-electron chi connectivity index (χ2n) is 5.30. The normalized spacial score (nSPS) is 11.6. The minimum atomic E-state index is -0.316. The largest absolute Gasteiger partial charge is 0.355 e. The van der Waals surface area contributed by atoms with E-state index in [-0.39, 0.29) is 11.5 Å². The number of para-hydroxylation sites is 2. The molecule has 4 heteroatoms. The van der Waals surface area contributed by atoms with Crippen LogP contribution in [0.5, 0.6) is 0 Å². The predicted molar refractivity (Wildman–Crippen MR) is 90.8 cm³/mol. The Bertz CT molecular complexity index is 798. The number of nitrogens with zero attached hydrogens (tertiary/aromatic N) is 2. The molecule has 2 aromatic rings. The monoisotopic (exact) mass is 302 g/mol. The van der Waals surface area contributed by atoms with Gasteiger partial charge in [0.1, 0.15) is 11.6 Å². The van der Waals surface area contributed by atoms with Crippen molar-refractivity contribution in [3.05, 3.63) is 72.2 Å².